The Kier molecular flexibility index (Phi) is 37.0. The van der Waals surface area contributed by atoms with E-state index in [0.717, 1.165) is 12.8 Å². The Hall–Kier alpha value is 1.71. The van der Waals surface area contributed by atoms with Crippen molar-refractivity contribution < 1.29 is 152 Å². The first-order valence-corrected chi connectivity index (χ1v) is 81.6. The summed E-state index contributed by atoms with van der Waals surface area (Å²) in [7, 11) is -68.2. The molecule has 36 nitrogen and oxygen atoms in total. The summed E-state index contributed by atoms with van der Waals surface area (Å²) in [4.78, 5) is 20.6. The third-order valence-corrected chi connectivity index (χ3v) is 80.9. The highest BCUT2D eigenvalue weighted by atomic mass is 28.6. The second-order valence-corrected chi connectivity index (χ2v) is 85.1. The van der Waals surface area contributed by atoms with Crippen LogP contribution in [0.5, 0.6) is 0 Å². The minimum atomic E-state index is -4.21. The van der Waals surface area contributed by atoms with Crippen molar-refractivity contribution in [3.8, 4) is 0 Å². The molecule has 60 heteroatoms. The van der Waals surface area contributed by atoms with Crippen LogP contribution in [0.2, 0.25) is 157 Å². The van der Waals surface area contributed by atoms with E-state index >= 15 is 0 Å². The van der Waals surface area contributed by atoms with Crippen LogP contribution in [0.1, 0.15) is 33.6 Å². The number of ether oxygens (including phenoxy) is 2. The zero-order valence-electron chi connectivity index (χ0n) is 60.6. The summed E-state index contributed by atoms with van der Waals surface area (Å²) in [6.07, 6.45) is 3.56. The van der Waals surface area contributed by atoms with Crippen LogP contribution in [-0.2, 0) is 152 Å². The molecule has 0 aromatic heterocycles. The summed E-state index contributed by atoms with van der Waals surface area (Å²) in [6, 6.07) is 0. The quantitative estimate of drug-likeness (QED) is 0.0793. The second-order valence-electron chi connectivity index (χ2n) is 24.4. The van der Waals surface area contributed by atoms with E-state index in [4.69, 9.17) is 115 Å². The average Bonchev–Trinajstić information content (AvgIpc) is 0.713. The largest absolute Gasteiger partial charge is 0.649 e. The van der Waals surface area contributed by atoms with E-state index in [0.29, 0.717) is 12.2 Å². The number of esters is 2. The van der Waals surface area contributed by atoms with Gasteiger partial charge in [-0.1, -0.05) is 32.6 Å². The van der Waals surface area contributed by atoms with Gasteiger partial charge in [-0.2, -0.15) is 0 Å². The summed E-state index contributed by atoms with van der Waals surface area (Å²) >= 11 is 0. The molecule has 0 amide bonds. The van der Waals surface area contributed by atoms with E-state index in [2.05, 4.69) is 29.6 Å². The standard InChI is InChI=1S/C8H32O16Si12.C8H24O12Si8.C7H10O2.C6H12O2.4C2H6OSi/c1-25(2)13-33-17-29-9-30-11-32-12-31(10-29)19-35(22-33,15-27(5)6)24-36(20-32,16-28(7)8)23-34(18-30,21-33)14-26(3)4;1-21-9-22(2)12-25(5)14-23(3,10-21)16-27(7)17-24(4,11-21)15-26(6,13-22)19-28(8,18-25)20-27;1-4-5-9-7(8)6(2)3;1-3-4-5-8-6(2)7;4*1-4(2)3/h25-32H,1-8H3;1-8H3;4H,1-2,5H2,3H3;3-5H2,1-2H3;4*1-2H3. The average molecular weight is 1800 g/mol. The number of carbonyl (C=O) groups excluding carboxylic acids is 2. The van der Waals surface area contributed by atoms with Crippen molar-refractivity contribution in [1.29, 1.82) is 0 Å². The second kappa shape index (κ2) is 38.7. The molecule has 0 aromatic rings. The van der Waals surface area contributed by atoms with Crippen molar-refractivity contribution >= 4 is 228 Å². The Bertz CT molecular complexity index is 2240. The molecule has 0 N–H and O–H groups in total. The van der Waals surface area contributed by atoms with Crippen LogP contribution in [0.25, 0.3) is 0 Å². The number of hydrogen-bond acceptors (Lipinski definition) is 36. The Morgan fingerprint density at radius 2 is 0.598 bits per heavy atom. The highest BCUT2D eigenvalue weighted by Gasteiger charge is 2.81. The van der Waals surface area contributed by atoms with Crippen molar-refractivity contribution in [3.63, 3.8) is 0 Å². The van der Waals surface area contributed by atoms with Crippen LogP contribution in [0.4, 0.5) is 0 Å². The molecule has 0 spiro atoms. The number of hydrogen-bond donors (Lipinski definition) is 0. The molecule has 562 valence electrons. The highest BCUT2D eigenvalue weighted by molar-refractivity contribution is 7.02. The van der Waals surface area contributed by atoms with Crippen molar-refractivity contribution in [2.45, 2.75) is 191 Å². The van der Waals surface area contributed by atoms with Gasteiger partial charge in [-0.05, 0) is 118 Å². The minimum absolute atomic E-state index is 0.182. The van der Waals surface area contributed by atoms with E-state index in [1.54, 1.807) is 112 Å². The lowest BCUT2D eigenvalue weighted by Gasteiger charge is -2.60. The molecule has 12 heterocycles. The van der Waals surface area contributed by atoms with Gasteiger partial charge in [0.05, 0.1) is 6.61 Å². The molecule has 0 saturated carbocycles. The maximum absolute atomic E-state index is 10.5. The predicted molar refractivity (Wildman–Crippen MR) is 391 cm³/mol. The van der Waals surface area contributed by atoms with Gasteiger partial charge < -0.3 is 143 Å². The van der Waals surface area contributed by atoms with Crippen LogP contribution in [0.15, 0.2) is 24.8 Å². The van der Waals surface area contributed by atoms with E-state index in [9.17, 15) is 27.4 Å². The molecule has 12 rings (SSSR count). The van der Waals surface area contributed by atoms with Gasteiger partial charge in [0.1, 0.15) is 6.61 Å². The minimum Gasteiger partial charge on any atom is -0.466 e. The van der Waals surface area contributed by atoms with Gasteiger partial charge in [-0.25, -0.2) is 4.79 Å². The summed E-state index contributed by atoms with van der Waals surface area (Å²) < 4.78 is 226. The molecule has 0 aliphatic carbocycles. The fraction of sp³-hybridized carbons (Fsp3) is 0.838. The zero-order valence-corrected chi connectivity index (χ0v) is 85.9. The topological polar surface area (TPSA) is 379 Å². The maximum atomic E-state index is 10.5. The molecule has 0 atom stereocenters. The van der Waals surface area contributed by atoms with E-state index < -0.39 is 216 Å². The Labute approximate surface area is 603 Å². The molecule has 0 aromatic carbocycles. The predicted octanol–water partition coefficient (Wildman–Crippen LogP) is 2.98. The molecule has 0 unspecified atom stereocenters. The van der Waals surface area contributed by atoms with Crippen LogP contribution in [-0.4, -0.2) is 241 Å². The Balaban J connectivity index is 0.000000351. The Morgan fingerprint density at radius 3 is 0.742 bits per heavy atom. The molecular weight excluding hydrogens is 1690 g/mol. The van der Waals surface area contributed by atoms with Crippen molar-refractivity contribution in [2.75, 3.05) is 13.2 Å². The van der Waals surface area contributed by atoms with Gasteiger partial charge >= 0.3 is 157 Å². The van der Waals surface area contributed by atoms with Crippen LogP contribution < -0.4 is 0 Å². The first-order valence-electron chi connectivity index (χ1n) is 30.9. The van der Waals surface area contributed by atoms with Gasteiger partial charge in [0.15, 0.2) is 36.2 Å². The summed E-state index contributed by atoms with van der Waals surface area (Å²) in [6.45, 7) is 56.0. The summed E-state index contributed by atoms with van der Waals surface area (Å²) in [5, 5.41) is 0. The first kappa shape index (κ1) is 92.9. The summed E-state index contributed by atoms with van der Waals surface area (Å²) in [5.74, 6) is -0.548. The lowest BCUT2D eigenvalue weighted by atomic mass is 10.4. The van der Waals surface area contributed by atoms with Crippen molar-refractivity contribution in [2.24, 2.45) is 0 Å². The number of carbonyl (C=O) groups is 2. The summed E-state index contributed by atoms with van der Waals surface area (Å²) in [5.41, 5.74) is 0.414. The maximum Gasteiger partial charge on any atom is 0.649 e. The van der Waals surface area contributed by atoms with E-state index in [1.807, 2.05) is 52.4 Å². The Morgan fingerprint density at radius 1 is 0.402 bits per heavy atom. The molecular formula is C37H102O36Si24. The van der Waals surface area contributed by atoms with E-state index in [-0.39, 0.29) is 18.5 Å². The monoisotopic (exact) mass is 1790 g/mol. The molecule has 12 fully saturated rings. The first-order chi connectivity index (χ1) is 44.2. The van der Waals surface area contributed by atoms with Gasteiger partial charge in [0.2, 0.25) is 0 Å². The van der Waals surface area contributed by atoms with Gasteiger partial charge in [0, 0.05) is 64.9 Å². The molecule has 97 heavy (non-hydrogen) atoms. The van der Waals surface area contributed by atoms with Crippen LogP contribution >= 0.6 is 0 Å². The van der Waals surface area contributed by atoms with Crippen molar-refractivity contribution in [1.82, 2.24) is 0 Å². The smallest absolute Gasteiger partial charge is 0.466 e. The lowest BCUT2D eigenvalue weighted by Crippen LogP contribution is -2.86. The lowest BCUT2D eigenvalue weighted by molar-refractivity contribution is -0.141. The van der Waals surface area contributed by atoms with Crippen LogP contribution in [0, 0.1) is 0 Å². The van der Waals surface area contributed by atoms with E-state index in [1.165, 1.54) is 13.0 Å². The molecule has 12 aliphatic rings. The normalized spacial score (nSPS) is 38.8. The number of rotatable bonds is 14. The van der Waals surface area contributed by atoms with Crippen molar-refractivity contribution in [3.05, 3.63) is 24.8 Å². The fourth-order valence-electron chi connectivity index (χ4n) is 8.69. The third kappa shape index (κ3) is 32.2. The fourth-order valence-corrected chi connectivity index (χ4v) is 99.0. The molecule has 12 saturated heterocycles. The van der Waals surface area contributed by atoms with Crippen LogP contribution in [0.3, 0.4) is 0 Å². The van der Waals surface area contributed by atoms with Gasteiger partial charge in [-0.15, -0.1) is 0 Å². The highest BCUT2D eigenvalue weighted by Crippen LogP contribution is 2.49. The molecule has 16 bridgehead atoms. The van der Waals surface area contributed by atoms with Gasteiger partial charge in [0.25, 0.3) is 34.7 Å². The molecule has 0 radical (unpaired) electrons. The van der Waals surface area contributed by atoms with Gasteiger partial charge in [-0.3, -0.25) is 4.79 Å². The number of unbranched alkanes of at least 4 members (excludes halogenated alkanes) is 1. The molecule has 12 aliphatic heterocycles. The third-order valence-electron chi connectivity index (χ3n) is 10.3. The zero-order chi connectivity index (χ0) is 74.4. The SMILES string of the molecule is C=CCOC(=O)C(=C)C.CCCCOC(C)=O.C[SiH](C)O[Si]12O[SiH]3O[SiH]4O[SiH]5O[SiH](O3)O[Si](O[SiH](C)C)(O1)O[Si](O[SiH](C)C)(O5)O[Si](O[SiH](C)C)(O4)O2.C[Si](C)=O.C[Si](C)=O.C[Si](C)=O.C[Si](C)=O.C[Si]12O[Si]3(C)O[Si]4(C)O[Si](C)(O1)O[Si]1(C)O[Si](C)(O2)O[Si](C)(O3)O[Si](C)(O4)O1.